The molecule has 1 aliphatic heterocycles. The fourth-order valence-corrected chi connectivity index (χ4v) is 3.86. The van der Waals surface area contributed by atoms with Gasteiger partial charge in [0.1, 0.15) is 0 Å². The third-order valence-corrected chi connectivity index (χ3v) is 5.59. The number of amides is 2. The maximum absolute atomic E-state index is 12.7. The maximum Gasteiger partial charge on any atom is 0.356 e. The van der Waals surface area contributed by atoms with Crippen molar-refractivity contribution < 1.29 is 19.1 Å². The van der Waals surface area contributed by atoms with Crippen molar-refractivity contribution >= 4 is 23.7 Å². The second-order valence-electron chi connectivity index (χ2n) is 8.10. The van der Waals surface area contributed by atoms with E-state index in [-0.39, 0.29) is 35.9 Å². The molecule has 0 saturated carbocycles. The Morgan fingerprint density at radius 2 is 1.82 bits per heavy atom. The largest absolute Gasteiger partial charge is 0.464 e. The lowest BCUT2D eigenvalue weighted by molar-refractivity contribution is -0.122. The summed E-state index contributed by atoms with van der Waals surface area (Å²) in [7, 11) is 1.29. The fourth-order valence-electron chi connectivity index (χ4n) is 3.86. The van der Waals surface area contributed by atoms with E-state index in [1.807, 2.05) is 18.2 Å². The Morgan fingerprint density at radius 3 is 2.58 bits per heavy atom. The number of ether oxygens (including phenoxy) is 1. The molecule has 2 heterocycles. The van der Waals surface area contributed by atoms with Gasteiger partial charge in [-0.1, -0.05) is 30.3 Å². The normalized spacial score (nSPS) is 18.6. The first-order valence-corrected chi connectivity index (χ1v) is 11.2. The van der Waals surface area contributed by atoms with Gasteiger partial charge in [0.05, 0.1) is 13.7 Å². The number of carbonyl (C=O) groups is 3. The molecule has 1 saturated heterocycles. The van der Waals surface area contributed by atoms with E-state index in [1.54, 1.807) is 17.9 Å². The number of carbonyl (C=O) groups excluding carboxylic acids is 3. The molecule has 2 aromatic rings. The van der Waals surface area contributed by atoms with Crippen molar-refractivity contribution in [2.75, 3.05) is 38.2 Å². The summed E-state index contributed by atoms with van der Waals surface area (Å²) >= 11 is 0. The number of methoxy groups -OCH3 is 1. The molecule has 1 atom stereocenters. The highest BCUT2D eigenvalue weighted by atomic mass is 16.5. The van der Waals surface area contributed by atoms with Gasteiger partial charge in [0.25, 0.3) is 0 Å². The van der Waals surface area contributed by atoms with Gasteiger partial charge in [-0.2, -0.15) is 0 Å². The first-order valence-electron chi connectivity index (χ1n) is 11.2. The first-order chi connectivity index (χ1) is 16.0. The van der Waals surface area contributed by atoms with Gasteiger partial charge in [-0.15, -0.1) is 0 Å². The van der Waals surface area contributed by atoms with Crippen LogP contribution in [0.25, 0.3) is 0 Å². The number of hydrogen-bond donors (Lipinski definition) is 2. The standard InChI is InChI=1S/C24H31N5O4/c1-17-15-20(23(32)33-2)28-24(27-17)29-14-6-12-25-21(30)10-9-19(11-13-26-22(31)16-29)18-7-4-3-5-8-18/h3-5,7-8,15,19H,6,9-14,16H2,1-2H3,(H,25,30)(H,26,31). The molecule has 2 amide bonds. The molecule has 9 nitrogen and oxygen atoms in total. The van der Waals surface area contributed by atoms with Crippen LogP contribution in [0, 0.1) is 6.92 Å². The van der Waals surface area contributed by atoms with E-state index in [9.17, 15) is 14.4 Å². The zero-order chi connectivity index (χ0) is 23.6. The van der Waals surface area contributed by atoms with Crippen LogP contribution in [0.15, 0.2) is 36.4 Å². The van der Waals surface area contributed by atoms with Crippen molar-refractivity contribution in [2.24, 2.45) is 0 Å². The molecule has 1 aromatic heterocycles. The smallest absolute Gasteiger partial charge is 0.356 e. The highest BCUT2D eigenvalue weighted by Gasteiger charge is 2.20. The Balaban J connectivity index is 1.75. The number of nitrogens with one attached hydrogen (secondary N) is 2. The van der Waals surface area contributed by atoms with Crippen molar-refractivity contribution in [3.8, 4) is 0 Å². The summed E-state index contributed by atoms with van der Waals surface area (Å²) in [5.41, 5.74) is 1.90. The van der Waals surface area contributed by atoms with Gasteiger partial charge in [0, 0.05) is 31.7 Å². The molecule has 3 rings (SSSR count). The molecule has 33 heavy (non-hydrogen) atoms. The molecule has 0 radical (unpaired) electrons. The van der Waals surface area contributed by atoms with Crippen LogP contribution in [0.2, 0.25) is 0 Å². The highest BCUT2D eigenvalue weighted by Crippen LogP contribution is 2.24. The zero-order valence-electron chi connectivity index (χ0n) is 19.2. The van der Waals surface area contributed by atoms with Crippen LogP contribution in [0.3, 0.4) is 0 Å². The van der Waals surface area contributed by atoms with Gasteiger partial charge in [-0.3, -0.25) is 9.59 Å². The van der Waals surface area contributed by atoms with Gasteiger partial charge >= 0.3 is 5.97 Å². The average Bonchev–Trinajstić information content (AvgIpc) is 2.82. The minimum atomic E-state index is -0.562. The summed E-state index contributed by atoms with van der Waals surface area (Å²) in [4.78, 5) is 47.5. The number of aromatic nitrogens is 2. The topological polar surface area (TPSA) is 114 Å². The van der Waals surface area contributed by atoms with Gasteiger partial charge in [-0.25, -0.2) is 14.8 Å². The van der Waals surface area contributed by atoms with Crippen LogP contribution in [-0.2, 0) is 14.3 Å². The quantitative estimate of drug-likeness (QED) is 0.683. The van der Waals surface area contributed by atoms with Crippen LogP contribution in [-0.4, -0.2) is 61.0 Å². The number of benzene rings is 1. The number of rotatable bonds is 3. The monoisotopic (exact) mass is 453 g/mol. The van der Waals surface area contributed by atoms with Crippen molar-refractivity contribution in [3.63, 3.8) is 0 Å². The minimum absolute atomic E-state index is 0.0170. The molecule has 2 N–H and O–H groups in total. The Labute approximate surface area is 193 Å². The van der Waals surface area contributed by atoms with E-state index < -0.39 is 5.97 Å². The molecule has 9 heteroatoms. The fraction of sp³-hybridized carbons (Fsp3) is 0.458. The first kappa shape index (κ1) is 24.2. The van der Waals surface area contributed by atoms with Crippen molar-refractivity contribution in [2.45, 2.75) is 38.5 Å². The van der Waals surface area contributed by atoms with Gasteiger partial charge < -0.3 is 20.3 Å². The molecule has 1 unspecified atom stereocenters. The number of hydrogen-bond acceptors (Lipinski definition) is 7. The lowest BCUT2D eigenvalue weighted by Crippen LogP contribution is -2.40. The Hall–Kier alpha value is -3.49. The van der Waals surface area contributed by atoms with E-state index >= 15 is 0 Å². The predicted molar refractivity (Wildman–Crippen MR) is 124 cm³/mol. The Kier molecular flexibility index (Phi) is 8.74. The van der Waals surface area contributed by atoms with Crippen molar-refractivity contribution in [1.82, 2.24) is 20.6 Å². The summed E-state index contributed by atoms with van der Waals surface area (Å²) in [5, 5.41) is 5.94. The van der Waals surface area contributed by atoms with Crippen LogP contribution in [0.1, 0.15) is 53.3 Å². The minimum Gasteiger partial charge on any atom is -0.464 e. The molecule has 1 aromatic carbocycles. The lowest BCUT2D eigenvalue weighted by atomic mass is 9.91. The lowest BCUT2D eigenvalue weighted by Gasteiger charge is -2.24. The van der Waals surface area contributed by atoms with Crippen LogP contribution in [0.4, 0.5) is 5.95 Å². The zero-order valence-corrected chi connectivity index (χ0v) is 19.2. The SMILES string of the molecule is COC(=O)c1cc(C)nc(N2CCCNC(=O)CCC(c3ccccc3)CCNC(=O)C2)n1. The van der Waals surface area contributed by atoms with Crippen LogP contribution < -0.4 is 15.5 Å². The average molecular weight is 454 g/mol. The molecule has 176 valence electrons. The van der Waals surface area contributed by atoms with E-state index in [4.69, 9.17) is 4.74 Å². The molecular formula is C24H31N5O4. The Bertz CT molecular complexity index is 967. The summed E-state index contributed by atoms with van der Waals surface area (Å²) in [6.07, 6.45) is 2.49. The van der Waals surface area contributed by atoms with Gasteiger partial charge in [0.2, 0.25) is 17.8 Å². The predicted octanol–water partition coefficient (Wildman–Crippen LogP) is 1.97. The van der Waals surface area contributed by atoms with Crippen molar-refractivity contribution in [1.29, 1.82) is 0 Å². The molecule has 0 spiro atoms. The Morgan fingerprint density at radius 1 is 1.06 bits per heavy atom. The number of anilines is 1. The van der Waals surface area contributed by atoms with E-state index in [1.165, 1.54) is 7.11 Å². The van der Waals surface area contributed by atoms with Crippen molar-refractivity contribution in [3.05, 3.63) is 53.3 Å². The summed E-state index contributed by atoms with van der Waals surface area (Å²) in [6.45, 7) is 3.23. The molecule has 0 bridgehead atoms. The van der Waals surface area contributed by atoms with E-state index in [0.717, 1.165) is 18.4 Å². The summed E-state index contributed by atoms with van der Waals surface area (Å²) in [5.74, 6) is -0.228. The molecule has 0 aliphatic carbocycles. The van der Waals surface area contributed by atoms with Crippen LogP contribution in [0.5, 0.6) is 0 Å². The third-order valence-electron chi connectivity index (χ3n) is 5.59. The summed E-state index contributed by atoms with van der Waals surface area (Å²) in [6, 6.07) is 11.6. The highest BCUT2D eigenvalue weighted by molar-refractivity contribution is 5.87. The number of nitrogens with zero attached hydrogens (tertiary/aromatic N) is 3. The maximum atomic E-state index is 12.7. The van der Waals surface area contributed by atoms with E-state index in [2.05, 4.69) is 32.7 Å². The number of esters is 1. The second-order valence-corrected chi connectivity index (χ2v) is 8.10. The van der Waals surface area contributed by atoms with Gasteiger partial charge in [-0.05, 0) is 43.7 Å². The van der Waals surface area contributed by atoms with Crippen LogP contribution >= 0.6 is 0 Å². The number of aryl methyl sites for hydroxylation is 1. The molecular weight excluding hydrogens is 422 g/mol. The molecule has 1 fully saturated rings. The van der Waals surface area contributed by atoms with Gasteiger partial charge in [0.15, 0.2) is 5.69 Å². The molecule has 1 aliphatic rings. The van der Waals surface area contributed by atoms with E-state index in [0.29, 0.717) is 38.2 Å². The third kappa shape index (κ3) is 7.27. The summed E-state index contributed by atoms with van der Waals surface area (Å²) < 4.78 is 4.78. The second kappa shape index (κ2) is 11.9.